The van der Waals surface area contributed by atoms with E-state index in [0.717, 1.165) is 11.1 Å². The molecule has 0 aliphatic carbocycles. The topological polar surface area (TPSA) is 46.2 Å². The van der Waals surface area contributed by atoms with Crippen LogP contribution in [-0.4, -0.2) is 12.2 Å². The number of hydrogen-bond acceptors (Lipinski definition) is 2. The van der Waals surface area contributed by atoms with Crippen LogP contribution in [0.4, 0.5) is 5.69 Å². The van der Waals surface area contributed by atoms with Crippen molar-refractivity contribution >= 4 is 17.9 Å². The molecule has 1 aromatic carbocycles. The van der Waals surface area contributed by atoms with E-state index >= 15 is 0 Å². The van der Waals surface area contributed by atoms with Crippen molar-refractivity contribution in [3.8, 4) is 0 Å². The quantitative estimate of drug-likeness (QED) is 0.548. The van der Waals surface area contributed by atoms with Crippen molar-refractivity contribution in [2.45, 2.75) is 13.8 Å². The second-order valence-corrected chi connectivity index (χ2v) is 2.98. The van der Waals surface area contributed by atoms with Gasteiger partial charge in [-0.05, 0) is 37.1 Å². The molecular formula is C10H11NO2. The second kappa shape index (κ2) is 3.85. The maximum atomic E-state index is 10.7. The van der Waals surface area contributed by atoms with E-state index in [1.807, 2.05) is 32.0 Å². The summed E-state index contributed by atoms with van der Waals surface area (Å²) in [5.41, 5.74) is 2.77. The number of carbonyl (C=O) groups is 2. The molecule has 0 saturated carbocycles. The minimum atomic E-state index is -0.620. The van der Waals surface area contributed by atoms with Gasteiger partial charge in [0.05, 0.1) is 0 Å². The van der Waals surface area contributed by atoms with Crippen LogP contribution in [0.5, 0.6) is 0 Å². The smallest absolute Gasteiger partial charge is 0.288 e. The molecule has 1 aromatic rings. The van der Waals surface area contributed by atoms with Crippen LogP contribution in [0.25, 0.3) is 0 Å². The van der Waals surface area contributed by atoms with Crippen LogP contribution in [0.1, 0.15) is 11.1 Å². The summed E-state index contributed by atoms with van der Waals surface area (Å²) in [7, 11) is 0. The van der Waals surface area contributed by atoms with Crippen molar-refractivity contribution in [1.82, 2.24) is 0 Å². The Labute approximate surface area is 76.8 Å². The number of carbonyl (C=O) groups excluding carboxylic acids is 2. The molecule has 0 unspecified atom stereocenters. The van der Waals surface area contributed by atoms with Gasteiger partial charge in [0, 0.05) is 5.69 Å². The lowest BCUT2D eigenvalue weighted by Crippen LogP contribution is -2.12. The number of aldehydes is 1. The number of benzene rings is 1. The molecule has 13 heavy (non-hydrogen) atoms. The molecule has 0 aromatic heterocycles. The molecule has 0 saturated heterocycles. The molecule has 68 valence electrons. The van der Waals surface area contributed by atoms with Crippen molar-refractivity contribution in [2.75, 3.05) is 5.32 Å². The van der Waals surface area contributed by atoms with E-state index in [1.54, 1.807) is 0 Å². The Bertz CT molecular complexity index is 325. The normalized spacial score (nSPS) is 9.38. The molecule has 0 atom stereocenters. The van der Waals surface area contributed by atoms with E-state index in [4.69, 9.17) is 0 Å². The Hall–Kier alpha value is -1.64. The van der Waals surface area contributed by atoms with Crippen LogP contribution in [0.3, 0.4) is 0 Å². The molecule has 0 bridgehead atoms. The summed E-state index contributed by atoms with van der Waals surface area (Å²) in [4.78, 5) is 20.8. The fourth-order valence-corrected chi connectivity index (χ4v) is 1.22. The SMILES string of the molecule is Cc1cc(C)cc(NC(=O)C=O)c1. The first kappa shape index (κ1) is 9.45. The number of hydrogen-bond donors (Lipinski definition) is 1. The number of aryl methyl sites for hydroxylation is 2. The fourth-order valence-electron chi connectivity index (χ4n) is 1.22. The van der Waals surface area contributed by atoms with Crippen LogP contribution in [0.2, 0.25) is 0 Å². The van der Waals surface area contributed by atoms with Gasteiger partial charge in [-0.2, -0.15) is 0 Å². The highest BCUT2D eigenvalue weighted by Gasteiger charge is 2.00. The van der Waals surface area contributed by atoms with Crippen LogP contribution in [0.15, 0.2) is 18.2 Å². The Kier molecular flexibility index (Phi) is 2.80. The molecule has 0 aliphatic rings. The minimum absolute atomic E-state index is 0.262. The van der Waals surface area contributed by atoms with Crippen LogP contribution >= 0.6 is 0 Å². The molecule has 1 rings (SSSR count). The molecule has 0 fully saturated rings. The van der Waals surface area contributed by atoms with E-state index in [-0.39, 0.29) is 6.29 Å². The lowest BCUT2D eigenvalue weighted by molar-refractivity contribution is -0.127. The first-order chi connectivity index (χ1) is 6.11. The summed E-state index contributed by atoms with van der Waals surface area (Å²) in [6, 6.07) is 5.62. The van der Waals surface area contributed by atoms with Gasteiger partial charge in [-0.15, -0.1) is 0 Å². The number of rotatable bonds is 2. The van der Waals surface area contributed by atoms with Gasteiger partial charge >= 0.3 is 0 Å². The number of nitrogens with one attached hydrogen (secondary N) is 1. The Morgan fingerprint density at radius 1 is 1.23 bits per heavy atom. The standard InChI is InChI=1S/C10H11NO2/c1-7-3-8(2)5-9(4-7)11-10(13)6-12/h3-6H,1-2H3,(H,11,13). The van der Waals surface area contributed by atoms with Gasteiger partial charge in [-0.3, -0.25) is 9.59 Å². The van der Waals surface area contributed by atoms with Crippen molar-refractivity contribution in [1.29, 1.82) is 0 Å². The first-order valence-corrected chi connectivity index (χ1v) is 3.96. The minimum Gasteiger partial charge on any atom is -0.320 e. The van der Waals surface area contributed by atoms with Gasteiger partial charge in [-0.1, -0.05) is 6.07 Å². The monoisotopic (exact) mass is 177 g/mol. The van der Waals surface area contributed by atoms with E-state index in [9.17, 15) is 9.59 Å². The lowest BCUT2D eigenvalue weighted by Gasteiger charge is -2.03. The molecule has 1 N–H and O–H groups in total. The van der Waals surface area contributed by atoms with Gasteiger partial charge in [0.1, 0.15) is 0 Å². The largest absolute Gasteiger partial charge is 0.320 e. The molecule has 0 spiro atoms. The summed E-state index contributed by atoms with van der Waals surface area (Å²) in [5.74, 6) is -0.620. The summed E-state index contributed by atoms with van der Waals surface area (Å²) in [6.45, 7) is 3.87. The van der Waals surface area contributed by atoms with Crippen LogP contribution in [0, 0.1) is 13.8 Å². The van der Waals surface area contributed by atoms with Crippen molar-refractivity contribution in [3.05, 3.63) is 29.3 Å². The summed E-state index contributed by atoms with van der Waals surface area (Å²) < 4.78 is 0. The highest BCUT2D eigenvalue weighted by molar-refractivity contribution is 6.29. The Morgan fingerprint density at radius 3 is 2.23 bits per heavy atom. The highest BCUT2D eigenvalue weighted by atomic mass is 16.2. The Balaban J connectivity index is 2.89. The van der Waals surface area contributed by atoms with E-state index in [2.05, 4.69) is 5.32 Å². The summed E-state index contributed by atoms with van der Waals surface area (Å²) >= 11 is 0. The summed E-state index contributed by atoms with van der Waals surface area (Å²) in [6.07, 6.45) is 0.262. The average Bonchev–Trinajstić information content (AvgIpc) is 2.02. The van der Waals surface area contributed by atoms with Gasteiger partial charge in [0.25, 0.3) is 5.91 Å². The number of anilines is 1. The van der Waals surface area contributed by atoms with Crippen molar-refractivity contribution < 1.29 is 9.59 Å². The summed E-state index contributed by atoms with van der Waals surface area (Å²) in [5, 5.41) is 2.47. The number of amides is 1. The van der Waals surface area contributed by atoms with E-state index in [0.29, 0.717) is 5.69 Å². The zero-order valence-corrected chi connectivity index (χ0v) is 7.63. The first-order valence-electron chi connectivity index (χ1n) is 3.96. The van der Waals surface area contributed by atoms with Gasteiger partial charge in [0.15, 0.2) is 0 Å². The Morgan fingerprint density at radius 2 is 1.77 bits per heavy atom. The average molecular weight is 177 g/mol. The van der Waals surface area contributed by atoms with Crippen molar-refractivity contribution in [3.63, 3.8) is 0 Å². The zero-order valence-electron chi connectivity index (χ0n) is 7.63. The van der Waals surface area contributed by atoms with Crippen LogP contribution < -0.4 is 5.32 Å². The van der Waals surface area contributed by atoms with Gasteiger partial charge in [0.2, 0.25) is 6.29 Å². The van der Waals surface area contributed by atoms with E-state index in [1.165, 1.54) is 0 Å². The molecule has 0 aliphatic heterocycles. The fraction of sp³-hybridized carbons (Fsp3) is 0.200. The van der Waals surface area contributed by atoms with Crippen LogP contribution in [-0.2, 0) is 9.59 Å². The molecule has 1 amide bonds. The maximum Gasteiger partial charge on any atom is 0.288 e. The lowest BCUT2D eigenvalue weighted by atomic mass is 10.1. The predicted octanol–water partition coefficient (Wildman–Crippen LogP) is 1.44. The molecule has 0 radical (unpaired) electrons. The van der Waals surface area contributed by atoms with E-state index < -0.39 is 5.91 Å². The molecule has 3 nitrogen and oxygen atoms in total. The third-order valence-electron chi connectivity index (χ3n) is 1.60. The maximum absolute atomic E-state index is 10.7. The third kappa shape index (κ3) is 2.71. The second-order valence-electron chi connectivity index (χ2n) is 2.98. The highest BCUT2D eigenvalue weighted by Crippen LogP contribution is 2.13. The van der Waals surface area contributed by atoms with Gasteiger partial charge in [-0.25, -0.2) is 0 Å². The zero-order chi connectivity index (χ0) is 9.84. The van der Waals surface area contributed by atoms with Gasteiger partial charge < -0.3 is 5.32 Å². The molecule has 3 heteroatoms. The van der Waals surface area contributed by atoms with Crippen molar-refractivity contribution in [2.24, 2.45) is 0 Å². The molecular weight excluding hydrogens is 166 g/mol. The third-order valence-corrected chi connectivity index (χ3v) is 1.60. The molecule has 0 heterocycles. The predicted molar refractivity (Wildman–Crippen MR) is 50.6 cm³/mol.